The number of nitro benzene ring substituents is 2. The van der Waals surface area contributed by atoms with Crippen molar-refractivity contribution in [3.05, 3.63) is 87.0 Å². The van der Waals surface area contributed by atoms with Gasteiger partial charge in [-0.1, -0.05) is 12.1 Å². The highest BCUT2D eigenvalue weighted by atomic mass is 16.6. The number of benzene rings is 3. The third-order valence-electron chi connectivity index (χ3n) is 4.57. The van der Waals surface area contributed by atoms with Gasteiger partial charge in [-0.2, -0.15) is 0 Å². The number of ether oxygens (including phenoxy) is 1. The van der Waals surface area contributed by atoms with Crippen LogP contribution in [0.5, 0.6) is 5.75 Å². The van der Waals surface area contributed by atoms with Gasteiger partial charge in [-0.15, -0.1) is 0 Å². The Balaban J connectivity index is 1.95. The molecule has 9 nitrogen and oxygen atoms in total. The number of methoxy groups -OCH3 is 1. The summed E-state index contributed by atoms with van der Waals surface area (Å²) in [5.41, 5.74) is 2.15. The van der Waals surface area contributed by atoms with E-state index in [9.17, 15) is 20.2 Å². The van der Waals surface area contributed by atoms with E-state index in [-0.39, 0.29) is 11.4 Å². The van der Waals surface area contributed by atoms with Gasteiger partial charge in [0.2, 0.25) is 0 Å². The number of fused-ring (bicyclic) bond motifs is 1. The standard InChI is InChI=1S/C21H14N4O5/c1-30-17-9-10-19-18(12-17)20(14-3-2-4-16(11-14)25(28)29)23-21(22-19)13-5-7-15(8-6-13)24(26)27/h2-12H,1H3. The Hall–Kier alpha value is -4.40. The maximum absolute atomic E-state index is 11.2. The topological polar surface area (TPSA) is 121 Å². The van der Waals surface area contributed by atoms with Crippen molar-refractivity contribution in [3.63, 3.8) is 0 Å². The Kier molecular flexibility index (Phi) is 4.77. The molecule has 30 heavy (non-hydrogen) atoms. The van der Waals surface area contributed by atoms with Crippen LogP contribution in [0.15, 0.2) is 66.7 Å². The van der Waals surface area contributed by atoms with E-state index in [1.165, 1.54) is 24.3 Å². The lowest BCUT2D eigenvalue weighted by molar-refractivity contribution is -0.385. The van der Waals surface area contributed by atoms with Gasteiger partial charge < -0.3 is 4.74 Å². The molecule has 0 amide bonds. The zero-order valence-electron chi connectivity index (χ0n) is 15.7. The number of non-ortho nitro benzene ring substituents is 2. The van der Waals surface area contributed by atoms with Gasteiger partial charge in [-0.25, -0.2) is 9.97 Å². The van der Waals surface area contributed by atoms with Gasteiger partial charge in [0, 0.05) is 40.8 Å². The first kappa shape index (κ1) is 18.9. The molecule has 0 N–H and O–H groups in total. The molecule has 0 aliphatic heterocycles. The van der Waals surface area contributed by atoms with E-state index in [4.69, 9.17) is 4.74 Å². The van der Waals surface area contributed by atoms with Crippen LogP contribution in [0.25, 0.3) is 33.5 Å². The van der Waals surface area contributed by atoms with Crippen LogP contribution in [0.4, 0.5) is 11.4 Å². The molecular formula is C21H14N4O5. The van der Waals surface area contributed by atoms with E-state index >= 15 is 0 Å². The molecule has 0 saturated carbocycles. The molecule has 1 aromatic heterocycles. The molecule has 9 heteroatoms. The third kappa shape index (κ3) is 3.51. The molecule has 3 aromatic carbocycles. The minimum absolute atomic E-state index is 0.0387. The van der Waals surface area contributed by atoms with Crippen LogP contribution < -0.4 is 4.74 Å². The summed E-state index contributed by atoms with van der Waals surface area (Å²) >= 11 is 0. The van der Waals surface area contributed by atoms with Crippen LogP contribution >= 0.6 is 0 Å². The maximum Gasteiger partial charge on any atom is 0.270 e. The SMILES string of the molecule is COc1ccc2nc(-c3ccc([N+](=O)[O-])cc3)nc(-c3cccc([N+](=O)[O-])c3)c2c1. The second-order valence-electron chi connectivity index (χ2n) is 6.39. The van der Waals surface area contributed by atoms with E-state index in [2.05, 4.69) is 9.97 Å². The lowest BCUT2D eigenvalue weighted by Crippen LogP contribution is -1.97. The summed E-state index contributed by atoms with van der Waals surface area (Å²) in [6.45, 7) is 0. The fourth-order valence-corrected chi connectivity index (χ4v) is 3.08. The molecule has 4 aromatic rings. The van der Waals surface area contributed by atoms with Gasteiger partial charge in [0.15, 0.2) is 5.82 Å². The van der Waals surface area contributed by atoms with Gasteiger partial charge in [-0.05, 0) is 30.3 Å². The predicted molar refractivity (Wildman–Crippen MR) is 110 cm³/mol. The number of nitrogens with zero attached hydrogens (tertiary/aromatic N) is 4. The minimum atomic E-state index is -0.480. The summed E-state index contributed by atoms with van der Waals surface area (Å²) in [5.74, 6) is 0.949. The molecule has 0 atom stereocenters. The first-order valence-electron chi connectivity index (χ1n) is 8.82. The van der Waals surface area contributed by atoms with Crippen LogP contribution in [-0.2, 0) is 0 Å². The molecular weight excluding hydrogens is 388 g/mol. The van der Waals surface area contributed by atoms with Crippen molar-refractivity contribution in [3.8, 4) is 28.4 Å². The molecule has 0 bridgehead atoms. The summed E-state index contributed by atoms with van der Waals surface area (Å²) in [5, 5.41) is 22.8. The lowest BCUT2D eigenvalue weighted by Gasteiger charge is -2.10. The van der Waals surface area contributed by atoms with Gasteiger partial charge in [-0.3, -0.25) is 20.2 Å². The summed E-state index contributed by atoms with van der Waals surface area (Å²) in [4.78, 5) is 30.4. The van der Waals surface area contributed by atoms with Crippen LogP contribution in [-0.4, -0.2) is 26.9 Å². The molecule has 0 aliphatic rings. The summed E-state index contributed by atoms with van der Waals surface area (Å²) in [7, 11) is 1.54. The first-order chi connectivity index (χ1) is 14.5. The van der Waals surface area contributed by atoms with Gasteiger partial charge in [0.05, 0.1) is 28.2 Å². The van der Waals surface area contributed by atoms with Crippen molar-refractivity contribution in [2.45, 2.75) is 0 Å². The van der Waals surface area contributed by atoms with Crippen molar-refractivity contribution < 1.29 is 14.6 Å². The highest BCUT2D eigenvalue weighted by Gasteiger charge is 2.16. The van der Waals surface area contributed by atoms with Crippen LogP contribution in [0.1, 0.15) is 0 Å². The fourth-order valence-electron chi connectivity index (χ4n) is 3.08. The molecule has 4 rings (SSSR count). The molecule has 0 aliphatic carbocycles. The highest BCUT2D eigenvalue weighted by Crippen LogP contribution is 2.33. The Labute approximate surface area is 169 Å². The number of hydrogen-bond acceptors (Lipinski definition) is 7. The molecule has 0 fully saturated rings. The monoisotopic (exact) mass is 402 g/mol. The van der Waals surface area contributed by atoms with Crippen molar-refractivity contribution in [2.75, 3.05) is 7.11 Å². The summed E-state index contributed by atoms with van der Waals surface area (Å²) in [6.07, 6.45) is 0. The van der Waals surface area contributed by atoms with E-state index in [0.717, 1.165) is 0 Å². The van der Waals surface area contributed by atoms with Crippen LogP contribution in [0.2, 0.25) is 0 Å². The molecule has 0 radical (unpaired) electrons. The molecule has 0 saturated heterocycles. The molecule has 0 spiro atoms. The number of nitro groups is 2. The van der Waals surface area contributed by atoms with Crippen molar-refractivity contribution in [1.29, 1.82) is 0 Å². The molecule has 0 unspecified atom stereocenters. The average molecular weight is 402 g/mol. The fraction of sp³-hybridized carbons (Fsp3) is 0.0476. The predicted octanol–water partition coefficient (Wildman–Crippen LogP) is 4.79. The minimum Gasteiger partial charge on any atom is -0.497 e. The largest absolute Gasteiger partial charge is 0.497 e. The highest BCUT2D eigenvalue weighted by molar-refractivity contribution is 5.94. The van der Waals surface area contributed by atoms with Crippen molar-refractivity contribution in [2.24, 2.45) is 0 Å². The smallest absolute Gasteiger partial charge is 0.270 e. The van der Waals surface area contributed by atoms with Crippen molar-refractivity contribution >= 4 is 22.3 Å². The van der Waals surface area contributed by atoms with E-state index in [1.54, 1.807) is 49.6 Å². The normalized spacial score (nSPS) is 10.7. The average Bonchev–Trinajstić information content (AvgIpc) is 2.78. The van der Waals surface area contributed by atoms with E-state index < -0.39 is 9.85 Å². The first-order valence-corrected chi connectivity index (χ1v) is 8.82. The lowest BCUT2D eigenvalue weighted by atomic mass is 10.0. The second-order valence-corrected chi connectivity index (χ2v) is 6.39. The Morgan fingerprint density at radius 2 is 1.53 bits per heavy atom. The van der Waals surface area contributed by atoms with Gasteiger partial charge >= 0.3 is 0 Å². The Morgan fingerprint density at radius 3 is 2.20 bits per heavy atom. The maximum atomic E-state index is 11.2. The van der Waals surface area contributed by atoms with Gasteiger partial charge in [0.25, 0.3) is 11.4 Å². The molecule has 1 heterocycles. The summed E-state index contributed by atoms with van der Waals surface area (Å²) < 4.78 is 5.30. The zero-order chi connectivity index (χ0) is 21.3. The Morgan fingerprint density at radius 1 is 0.800 bits per heavy atom. The summed E-state index contributed by atoms with van der Waals surface area (Å²) in [6, 6.07) is 17.4. The quantitative estimate of drug-likeness (QED) is 0.347. The van der Waals surface area contributed by atoms with Crippen molar-refractivity contribution in [1.82, 2.24) is 9.97 Å². The van der Waals surface area contributed by atoms with E-state index in [0.29, 0.717) is 39.3 Å². The number of aromatic nitrogens is 2. The number of hydrogen-bond donors (Lipinski definition) is 0. The van der Waals surface area contributed by atoms with Crippen LogP contribution in [0.3, 0.4) is 0 Å². The van der Waals surface area contributed by atoms with E-state index in [1.807, 2.05) is 0 Å². The number of rotatable bonds is 5. The second kappa shape index (κ2) is 7.55. The molecule has 148 valence electrons. The zero-order valence-corrected chi connectivity index (χ0v) is 15.7. The Bertz CT molecular complexity index is 1290. The third-order valence-corrected chi connectivity index (χ3v) is 4.57. The van der Waals surface area contributed by atoms with Crippen LogP contribution in [0, 0.1) is 20.2 Å². The van der Waals surface area contributed by atoms with Gasteiger partial charge in [0.1, 0.15) is 5.75 Å².